The van der Waals surface area contributed by atoms with Gasteiger partial charge in [0, 0.05) is 25.0 Å². The number of aliphatic carboxylic acids is 1. The molecule has 1 aliphatic rings. The van der Waals surface area contributed by atoms with Crippen molar-refractivity contribution in [3.05, 3.63) is 16.1 Å². The Bertz CT molecular complexity index is 382. The van der Waals surface area contributed by atoms with Gasteiger partial charge in [0.05, 0.1) is 16.1 Å². The molecule has 88 valence electrons. The third-order valence-corrected chi connectivity index (χ3v) is 3.91. The van der Waals surface area contributed by atoms with Crippen molar-refractivity contribution in [2.45, 2.75) is 26.2 Å². The summed E-state index contributed by atoms with van der Waals surface area (Å²) in [6, 6.07) is 0. The van der Waals surface area contributed by atoms with Crippen molar-refractivity contribution in [3.63, 3.8) is 0 Å². The molecule has 1 aromatic rings. The first-order valence-corrected chi connectivity index (χ1v) is 6.22. The third-order valence-electron chi connectivity index (χ3n) is 3.09. The maximum Gasteiger partial charge on any atom is 0.310 e. The molecule has 0 saturated carbocycles. The highest BCUT2D eigenvalue weighted by molar-refractivity contribution is 7.09. The first kappa shape index (κ1) is 11.5. The minimum Gasteiger partial charge on any atom is -0.481 e. The van der Waals surface area contributed by atoms with E-state index in [9.17, 15) is 9.90 Å². The summed E-state index contributed by atoms with van der Waals surface area (Å²) in [6.07, 6.45) is 1.69. The number of thiazole rings is 1. The first-order valence-electron chi connectivity index (χ1n) is 5.35. The molecule has 0 amide bonds. The molecular formula is C11H15NO3S. The molecule has 1 fully saturated rings. The van der Waals surface area contributed by atoms with Gasteiger partial charge in [0.15, 0.2) is 0 Å². The molecule has 0 aliphatic carbocycles. The van der Waals surface area contributed by atoms with Gasteiger partial charge >= 0.3 is 5.97 Å². The highest BCUT2D eigenvalue weighted by Crippen LogP contribution is 2.34. The molecule has 0 radical (unpaired) electrons. The number of aryl methyl sites for hydroxylation is 1. The van der Waals surface area contributed by atoms with E-state index >= 15 is 0 Å². The van der Waals surface area contributed by atoms with Gasteiger partial charge in [-0.05, 0) is 19.8 Å². The minimum atomic E-state index is -0.721. The summed E-state index contributed by atoms with van der Waals surface area (Å²) in [6.45, 7) is 3.01. The van der Waals surface area contributed by atoms with Crippen LogP contribution in [-0.2, 0) is 16.0 Å². The zero-order valence-corrected chi connectivity index (χ0v) is 10.0. The fourth-order valence-electron chi connectivity index (χ4n) is 2.06. The molecular weight excluding hydrogens is 226 g/mol. The summed E-state index contributed by atoms with van der Waals surface area (Å²) < 4.78 is 5.24. The van der Waals surface area contributed by atoms with Crippen LogP contribution in [-0.4, -0.2) is 29.3 Å². The van der Waals surface area contributed by atoms with Gasteiger partial charge in [0.1, 0.15) is 0 Å². The number of ether oxygens (including phenoxy) is 1. The van der Waals surface area contributed by atoms with Crippen LogP contribution >= 0.6 is 11.3 Å². The molecule has 0 atom stereocenters. The SMILES string of the molecule is Cc1nc(CC2(C(=O)O)CCOCC2)cs1. The summed E-state index contributed by atoms with van der Waals surface area (Å²) in [5, 5.41) is 12.3. The highest BCUT2D eigenvalue weighted by atomic mass is 32.1. The summed E-state index contributed by atoms with van der Waals surface area (Å²) >= 11 is 1.57. The highest BCUT2D eigenvalue weighted by Gasteiger charge is 2.40. The van der Waals surface area contributed by atoms with E-state index in [0.717, 1.165) is 10.7 Å². The summed E-state index contributed by atoms with van der Waals surface area (Å²) in [4.78, 5) is 15.8. The normalized spacial score (nSPS) is 19.6. The Kier molecular flexibility index (Phi) is 3.25. The number of aromatic nitrogens is 1. The Hall–Kier alpha value is -0.940. The monoisotopic (exact) mass is 241 g/mol. The molecule has 0 bridgehead atoms. The summed E-state index contributed by atoms with van der Waals surface area (Å²) in [5.41, 5.74) is 0.227. The van der Waals surface area contributed by atoms with Gasteiger partial charge in [-0.25, -0.2) is 4.98 Å². The number of carboxylic acid groups (broad SMARTS) is 1. The second-order valence-electron chi connectivity index (χ2n) is 4.23. The van der Waals surface area contributed by atoms with Gasteiger partial charge in [0.2, 0.25) is 0 Å². The van der Waals surface area contributed by atoms with Crippen molar-refractivity contribution < 1.29 is 14.6 Å². The predicted molar refractivity (Wildman–Crippen MR) is 60.7 cm³/mol. The van der Waals surface area contributed by atoms with Crippen molar-refractivity contribution in [1.29, 1.82) is 0 Å². The van der Waals surface area contributed by atoms with Gasteiger partial charge < -0.3 is 9.84 Å². The van der Waals surface area contributed by atoms with Crippen LogP contribution in [0.4, 0.5) is 0 Å². The molecule has 2 rings (SSSR count). The lowest BCUT2D eigenvalue weighted by Crippen LogP contribution is -2.39. The fourth-order valence-corrected chi connectivity index (χ4v) is 2.68. The average Bonchev–Trinajstić information content (AvgIpc) is 2.65. The van der Waals surface area contributed by atoms with Crippen LogP contribution in [0.1, 0.15) is 23.5 Å². The number of rotatable bonds is 3. The van der Waals surface area contributed by atoms with Crippen LogP contribution in [0.3, 0.4) is 0 Å². The van der Waals surface area contributed by atoms with Crippen molar-refractivity contribution in [2.75, 3.05) is 13.2 Å². The van der Waals surface area contributed by atoms with Gasteiger partial charge in [-0.2, -0.15) is 0 Å². The molecule has 5 heteroatoms. The van der Waals surface area contributed by atoms with Gasteiger partial charge in [-0.15, -0.1) is 11.3 Å². The lowest BCUT2D eigenvalue weighted by atomic mass is 9.76. The summed E-state index contributed by atoms with van der Waals surface area (Å²) in [7, 11) is 0. The number of nitrogens with zero attached hydrogens (tertiary/aromatic N) is 1. The quantitative estimate of drug-likeness (QED) is 0.877. The van der Waals surface area contributed by atoms with E-state index in [0.29, 0.717) is 32.5 Å². The van der Waals surface area contributed by atoms with E-state index < -0.39 is 11.4 Å². The third kappa shape index (κ3) is 2.25. The number of hydrogen-bond donors (Lipinski definition) is 1. The van der Waals surface area contributed by atoms with E-state index in [1.54, 1.807) is 11.3 Å². The topological polar surface area (TPSA) is 59.4 Å². The number of carboxylic acids is 1. The number of hydrogen-bond acceptors (Lipinski definition) is 4. The molecule has 1 aliphatic heterocycles. The van der Waals surface area contributed by atoms with E-state index in [2.05, 4.69) is 4.98 Å². The molecule has 1 N–H and O–H groups in total. The number of carbonyl (C=O) groups is 1. The Balaban J connectivity index is 2.16. The Labute approximate surface area is 98.3 Å². The maximum atomic E-state index is 11.4. The van der Waals surface area contributed by atoms with Gasteiger partial charge in [-0.3, -0.25) is 4.79 Å². The molecule has 2 heterocycles. The second kappa shape index (κ2) is 4.51. The molecule has 4 nitrogen and oxygen atoms in total. The largest absolute Gasteiger partial charge is 0.481 e. The second-order valence-corrected chi connectivity index (χ2v) is 5.29. The van der Waals surface area contributed by atoms with Crippen LogP contribution in [0.25, 0.3) is 0 Å². The standard InChI is InChI=1S/C11H15NO3S/c1-8-12-9(7-16-8)6-11(10(13)14)2-4-15-5-3-11/h7H,2-6H2,1H3,(H,13,14). The molecule has 0 aromatic carbocycles. The van der Waals surface area contributed by atoms with E-state index in [4.69, 9.17) is 4.74 Å². The molecule has 1 saturated heterocycles. The first-order chi connectivity index (χ1) is 7.62. The van der Waals surface area contributed by atoms with Crippen LogP contribution in [0.2, 0.25) is 0 Å². The zero-order valence-electron chi connectivity index (χ0n) is 9.23. The van der Waals surface area contributed by atoms with Crippen LogP contribution in [0, 0.1) is 12.3 Å². The Morgan fingerprint density at radius 3 is 2.81 bits per heavy atom. The van der Waals surface area contributed by atoms with Crippen LogP contribution in [0.5, 0.6) is 0 Å². The van der Waals surface area contributed by atoms with Crippen LogP contribution in [0.15, 0.2) is 5.38 Å². The average molecular weight is 241 g/mol. The Morgan fingerprint density at radius 2 is 2.31 bits per heavy atom. The lowest BCUT2D eigenvalue weighted by molar-refractivity contribution is -0.154. The van der Waals surface area contributed by atoms with Gasteiger partial charge in [-0.1, -0.05) is 0 Å². The molecule has 0 unspecified atom stereocenters. The van der Waals surface area contributed by atoms with E-state index in [-0.39, 0.29) is 0 Å². The molecule has 1 aromatic heterocycles. The maximum absolute atomic E-state index is 11.4. The van der Waals surface area contributed by atoms with Gasteiger partial charge in [0.25, 0.3) is 0 Å². The van der Waals surface area contributed by atoms with Crippen molar-refractivity contribution in [3.8, 4) is 0 Å². The zero-order chi connectivity index (χ0) is 11.6. The van der Waals surface area contributed by atoms with Crippen LogP contribution < -0.4 is 0 Å². The van der Waals surface area contributed by atoms with Crippen molar-refractivity contribution in [1.82, 2.24) is 4.98 Å². The molecule has 16 heavy (non-hydrogen) atoms. The molecule has 0 spiro atoms. The van der Waals surface area contributed by atoms with E-state index in [1.807, 2.05) is 12.3 Å². The smallest absolute Gasteiger partial charge is 0.310 e. The lowest BCUT2D eigenvalue weighted by Gasteiger charge is -2.32. The predicted octanol–water partition coefficient (Wildman–Crippen LogP) is 1.88. The Morgan fingerprint density at radius 1 is 1.62 bits per heavy atom. The van der Waals surface area contributed by atoms with Crippen molar-refractivity contribution >= 4 is 17.3 Å². The van der Waals surface area contributed by atoms with Crippen molar-refractivity contribution in [2.24, 2.45) is 5.41 Å². The minimum absolute atomic E-state index is 0.524. The summed E-state index contributed by atoms with van der Waals surface area (Å²) in [5.74, 6) is -0.721. The fraction of sp³-hybridized carbons (Fsp3) is 0.636. The van der Waals surface area contributed by atoms with E-state index in [1.165, 1.54) is 0 Å².